The van der Waals surface area contributed by atoms with Crippen molar-refractivity contribution in [3.8, 4) is 0 Å². The van der Waals surface area contributed by atoms with Crippen LogP contribution in [0.5, 0.6) is 0 Å². The monoisotopic (exact) mass is 379 g/mol. The zero-order chi connectivity index (χ0) is 19.1. The van der Waals surface area contributed by atoms with E-state index in [1.165, 1.54) is 24.8 Å². The van der Waals surface area contributed by atoms with Gasteiger partial charge in [-0.25, -0.2) is 4.98 Å². The second kappa shape index (κ2) is 6.99. The molecule has 0 radical (unpaired) electrons. The number of rotatable bonds is 6. The largest absolute Gasteiger partial charge is 0.327 e. The maximum Gasteiger partial charge on any atom is 0.253 e. The van der Waals surface area contributed by atoms with Crippen LogP contribution in [0, 0.1) is 5.92 Å². The van der Waals surface area contributed by atoms with Crippen molar-refractivity contribution in [3.63, 3.8) is 0 Å². The van der Waals surface area contributed by atoms with Gasteiger partial charge in [-0.15, -0.1) is 0 Å². The van der Waals surface area contributed by atoms with Crippen LogP contribution in [0.1, 0.15) is 51.3 Å². The van der Waals surface area contributed by atoms with Gasteiger partial charge in [-0.1, -0.05) is 25.5 Å². The Kier molecular flexibility index (Phi) is 4.46. The third-order valence-corrected chi connectivity index (χ3v) is 6.48. The number of amidine groups is 1. The Hall–Kier alpha value is -2.21. The highest BCUT2D eigenvalue weighted by atomic mass is 16.2. The number of piperidine rings is 1. The number of unbranched alkanes of at least 4 members (excludes halogenated alkanes) is 1. The van der Waals surface area contributed by atoms with Gasteiger partial charge >= 0.3 is 0 Å². The normalized spacial score (nSPS) is 22.0. The quantitative estimate of drug-likeness (QED) is 0.839. The third-order valence-electron chi connectivity index (χ3n) is 6.48. The van der Waals surface area contributed by atoms with Gasteiger partial charge in [0.15, 0.2) is 0 Å². The van der Waals surface area contributed by atoms with Crippen LogP contribution in [0.3, 0.4) is 0 Å². The maximum absolute atomic E-state index is 12.6. The topological polar surface area (TPSA) is 62.5 Å². The van der Waals surface area contributed by atoms with Crippen LogP contribution in [0.25, 0.3) is 11.0 Å². The summed E-state index contributed by atoms with van der Waals surface area (Å²) < 4.78 is 2.38. The number of likely N-dealkylation sites (tertiary alicyclic amines) is 1. The first kappa shape index (κ1) is 17.9. The molecule has 1 aliphatic carbocycles. The summed E-state index contributed by atoms with van der Waals surface area (Å²) in [5, 5.41) is 3.07. The van der Waals surface area contributed by atoms with Crippen LogP contribution in [0.4, 0.5) is 0 Å². The average Bonchev–Trinajstić information content (AvgIpc) is 3.43. The molecule has 2 aromatic rings. The van der Waals surface area contributed by atoms with Gasteiger partial charge in [0.2, 0.25) is 0 Å². The van der Waals surface area contributed by atoms with Crippen molar-refractivity contribution in [2.45, 2.75) is 64.1 Å². The lowest BCUT2D eigenvalue weighted by atomic mass is 9.88. The molecular weight excluding hydrogens is 350 g/mol. The van der Waals surface area contributed by atoms with E-state index in [9.17, 15) is 4.79 Å². The van der Waals surface area contributed by atoms with E-state index in [1.807, 2.05) is 0 Å². The Morgan fingerprint density at radius 2 is 2.00 bits per heavy atom. The summed E-state index contributed by atoms with van der Waals surface area (Å²) in [5.74, 6) is 2.74. The summed E-state index contributed by atoms with van der Waals surface area (Å²) in [6.45, 7) is 5.88. The van der Waals surface area contributed by atoms with Gasteiger partial charge in [-0.05, 0) is 44.2 Å². The molecule has 6 nitrogen and oxygen atoms in total. The fraction of sp³-hybridized carbons (Fsp3) is 0.591. The van der Waals surface area contributed by atoms with E-state index in [-0.39, 0.29) is 5.91 Å². The van der Waals surface area contributed by atoms with Crippen molar-refractivity contribution in [1.82, 2.24) is 19.8 Å². The molecule has 2 aliphatic heterocycles. The summed E-state index contributed by atoms with van der Waals surface area (Å²) in [6, 6.07) is 8.42. The Labute approximate surface area is 166 Å². The van der Waals surface area contributed by atoms with Crippen molar-refractivity contribution >= 4 is 22.8 Å². The molecule has 5 rings (SSSR count). The highest BCUT2D eigenvalue weighted by Crippen LogP contribution is 2.37. The number of aryl methyl sites for hydroxylation is 1. The van der Waals surface area contributed by atoms with E-state index in [4.69, 9.17) is 9.98 Å². The van der Waals surface area contributed by atoms with Crippen LogP contribution in [-0.2, 0) is 17.9 Å². The lowest BCUT2D eigenvalue weighted by Gasteiger charge is -2.35. The Morgan fingerprint density at radius 3 is 2.75 bits per heavy atom. The van der Waals surface area contributed by atoms with E-state index >= 15 is 0 Å². The van der Waals surface area contributed by atoms with Crippen LogP contribution in [-0.4, -0.2) is 44.8 Å². The van der Waals surface area contributed by atoms with Crippen LogP contribution >= 0.6 is 0 Å². The molecular formula is C22H29N5O. The molecule has 1 N–H and O–H groups in total. The van der Waals surface area contributed by atoms with Gasteiger partial charge < -0.3 is 9.88 Å². The molecule has 0 bridgehead atoms. The number of hydrogen-bond acceptors (Lipinski definition) is 4. The molecule has 1 aromatic carbocycles. The molecule has 148 valence electrons. The maximum atomic E-state index is 12.6. The molecule has 0 atom stereocenters. The predicted molar refractivity (Wildman–Crippen MR) is 110 cm³/mol. The van der Waals surface area contributed by atoms with Gasteiger partial charge in [-0.3, -0.25) is 14.7 Å². The lowest BCUT2D eigenvalue weighted by Crippen LogP contribution is -2.48. The molecule has 2 fully saturated rings. The van der Waals surface area contributed by atoms with Crippen LogP contribution in [0.15, 0.2) is 29.3 Å². The Balaban J connectivity index is 1.31. The molecule has 1 saturated heterocycles. The van der Waals surface area contributed by atoms with Crippen LogP contribution in [0.2, 0.25) is 0 Å². The van der Waals surface area contributed by atoms with E-state index in [0.717, 1.165) is 62.6 Å². The zero-order valence-corrected chi connectivity index (χ0v) is 16.7. The minimum atomic E-state index is -0.503. The van der Waals surface area contributed by atoms with Gasteiger partial charge in [0.1, 0.15) is 17.2 Å². The molecule has 1 saturated carbocycles. The SMILES string of the molecule is CCCCn1c(CN2CCC3(CC2)N=C(C2CC2)NC3=O)nc2ccccc21. The minimum absolute atomic E-state index is 0.129. The summed E-state index contributed by atoms with van der Waals surface area (Å²) >= 11 is 0. The molecule has 28 heavy (non-hydrogen) atoms. The Morgan fingerprint density at radius 1 is 1.21 bits per heavy atom. The standard InChI is InChI=1S/C22H29N5O/c1-2-3-12-27-18-7-5-4-6-17(18)23-19(27)15-26-13-10-22(11-14-26)21(28)24-20(25-22)16-8-9-16/h4-7,16H,2-3,8-15H2,1H3,(H,24,25,28). The highest BCUT2D eigenvalue weighted by molar-refractivity contribution is 6.09. The first-order valence-corrected chi connectivity index (χ1v) is 10.8. The average molecular weight is 380 g/mol. The molecule has 3 heterocycles. The summed E-state index contributed by atoms with van der Waals surface area (Å²) in [7, 11) is 0. The number of fused-ring (bicyclic) bond motifs is 1. The molecule has 1 amide bonds. The number of carbonyl (C=O) groups excluding carboxylic acids is 1. The van der Waals surface area contributed by atoms with E-state index in [1.54, 1.807) is 0 Å². The van der Waals surface area contributed by atoms with Gasteiger partial charge in [-0.2, -0.15) is 0 Å². The number of hydrogen-bond donors (Lipinski definition) is 1. The number of aromatic nitrogens is 2. The van der Waals surface area contributed by atoms with Crippen molar-refractivity contribution in [3.05, 3.63) is 30.1 Å². The molecule has 0 unspecified atom stereocenters. The van der Waals surface area contributed by atoms with Crippen LogP contribution < -0.4 is 5.32 Å². The number of aliphatic imine (C=N–C) groups is 1. The summed E-state index contributed by atoms with van der Waals surface area (Å²) in [6.07, 6.45) is 6.31. The summed E-state index contributed by atoms with van der Waals surface area (Å²) in [4.78, 5) is 24.8. The van der Waals surface area contributed by atoms with E-state index in [2.05, 4.69) is 46.0 Å². The molecule has 6 heteroatoms. The lowest BCUT2D eigenvalue weighted by molar-refractivity contribution is -0.125. The molecule has 1 spiro atoms. The van der Waals surface area contributed by atoms with Crippen molar-refractivity contribution < 1.29 is 4.79 Å². The predicted octanol–water partition coefficient (Wildman–Crippen LogP) is 3.11. The second-order valence-corrected chi connectivity index (χ2v) is 8.56. The number of amides is 1. The first-order valence-electron chi connectivity index (χ1n) is 10.8. The number of imidazole rings is 1. The van der Waals surface area contributed by atoms with E-state index < -0.39 is 5.54 Å². The van der Waals surface area contributed by atoms with Gasteiger partial charge in [0, 0.05) is 25.6 Å². The van der Waals surface area contributed by atoms with Crippen molar-refractivity contribution in [2.24, 2.45) is 10.9 Å². The highest BCUT2D eigenvalue weighted by Gasteiger charge is 2.48. The zero-order valence-electron chi connectivity index (χ0n) is 16.7. The minimum Gasteiger partial charge on any atom is -0.327 e. The van der Waals surface area contributed by atoms with E-state index in [0.29, 0.717) is 5.92 Å². The fourth-order valence-corrected chi connectivity index (χ4v) is 4.52. The first-order chi connectivity index (χ1) is 13.7. The van der Waals surface area contributed by atoms with Crippen molar-refractivity contribution in [1.29, 1.82) is 0 Å². The second-order valence-electron chi connectivity index (χ2n) is 8.56. The number of carbonyl (C=O) groups is 1. The number of para-hydroxylation sites is 2. The van der Waals surface area contributed by atoms with Gasteiger partial charge in [0.25, 0.3) is 5.91 Å². The number of nitrogens with zero attached hydrogens (tertiary/aromatic N) is 4. The van der Waals surface area contributed by atoms with Crippen molar-refractivity contribution in [2.75, 3.05) is 13.1 Å². The smallest absolute Gasteiger partial charge is 0.253 e. The molecule has 1 aromatic heterocycles. The third kappa shape index (κ3) is 3.13. The Bertz CT molecular complexity index is 918. The summed E-state index contributed by atoms with van der Waals surface area (Å²) in [5.41, 5.74) is 1.81. The van der Waals surface area contributed by atoms with Gasteiger partial charge in [0.05, 0.1) is 17.6 Å². The number of nitrogens with one attached hydrogen (secondary N) is 1. The number of benzene rings is 1. The molecule has 3 aliphatic rings. The fourth-order valence-electron chi connectivity index (χ4n) is 4.52.